The lowest BCUT2D eigenvalue weighted by molar-refractivity contribution is -0.0671. The van der Waals surface area contributed by atoms with E-state index >= 15 is 0 Å². The van der Waals surface area contributed by atoms with E-state index < -0.39 is 0 Å². The maximum Gasteiger partial charge on any atom is 0.194 e. The Kier molecular flexibility index (Phi) is 7.29. The first-order chi connectivity index (χ1) is 12.8. The van der Waals surface area contributed by atoms with Gasteiger partial charge in [-0.2, -0.15) is 0 Å². The Balaban J connectivity index is 0.00000280. The van der Waals surface area contributed by atoms with Crippen LogP contribution in [-0.2, 0) is 10.2 Å². The van der Waals surface area contributed by atoms with Gasteiger partial charge in [-0.15, -0.1) is 24.0 Å². The van der Waals surface area contributed by atoms with Crippen molar-refractivity contribution >= 4 is 29.9 Å². The zero-order valence-electron chi connectivity index (χ0n) is 18.2. The van der Waals surface area contributed by atoms with Crippen LogP contribution in [-0.4, -0.2) is 56.9 Å². The third kappa shape index (κ3) is 4.13. The summed E-state index contributed by atoms with van der Waals surface area (Å²) in [6.07, 6.45) is 2.02. The van der Waals surface area contributed by atoms with Crippen LogP contribution in [0.3, 0.4) is 0 Å². The number of methoxy groups -OCH3 is 1. The first-order valence-electron chi connectivity index (χ1n) is 9.96. The van der Waals surface area contributed by atoms with E-state index in [1.54, 1.807) is 7.11 Å². The Morgan fingerprint density at radius 1 is 1.14 bits per heavy atom. The third-order valence-electron chi connectivity index (χ3n) is 7.09. The molecule has 158 valence electrons. The highest BCUT2D eigenvalue weighted by Gasteiger charge is 2.54. The maximum absolute atomic E-state index is 5.67. The minimum Gasteiger partial charge on any atom is -0.497 e. The summed E-state index contributed by atoms with van der Waals surface area (Å²) in [7, 11) is 3.59. The zero-order chi connectivity index (χ0) is 19.7. The van der Waals surface area contributed by atoms with E-state index in [0.29, 0.717) is 0 Å². The van der Waals surface area contributed by atoms with Gasteiger partial charge in [0.25, 0.3) is 0 Å². The predicted octanol–water partition coefficient (Wildman–Crippen LogP) is 4.06. The van der Waals surface area contributed by atoms with Crippen molar-refractivity contribution in [2.24, 2.45) is 10.4 Å². The van der Waals surface area contributed by atoms with Crippen molar-refractivity contribution in [3.8, 4) is 5.75 Å². The van der Waals surface area contributed by atoms with Gasteiger partial charge >= 0.3 is 0 Å². The number of rotatable bonds is 4. The minimum atomic E-state index is 0. The summed E-state index contributed by atoms with van der Waals surface area (Å²) in [5.41, 5.74) is 1.79. The molecule has 1 aromatic carbocycles. The third-order valence-corrected chi connectivity index (χ3v) is 7.09. The largest absolute Gasteiger partial charge is 0.497 e. The summed E-state index contributed by atoms with van der Waals surface area (Å²) in [4.78, 5) is 6.98. The van der Waals surface area contributed by atoms with Crippen molar-refractivity contribution in [2.45, 2.75) is 51.5 Å². The number of benzene rings is 1. The summed E-state index contributed by atoms with van der Waals surface area (Å²) in [6, 6.07) is 8.52. The lowest BCUT2D eigenvalue weighted by atomic mass is 9.65. The second-order valence-corrected chi connectivity index (χ2v) is 9.05. The number of hydrogen-bond donors (Lipinski definition) is 1. The molecule has 0 atom stereocenters. The molecule has 3 rings (SSSR count). The molecule has 2 saturated heterocycles. The van der Waals surface area contributed by atoms with E-state index in [0.717, 1.165) is 50.9 Å². The number of guanidine groups is 1. The fraction of sp³-hybridized carbons (Fsp3) is 0.682. The highest BCUT2D eigenvalue weighted by atomic mass is 127. The Morgan fingerprint density at radius 2 is 1.75 bits per heavy atom. The van der Waals surface area contributed by atoms with Crippen molar-refractivity contribution < 1.29 is 9.47 Å². The maximum atomic E-state index is 5.67. The molecule has 0 bridgehead atoms. The number of hydrogen-bond acceptors (Lipinski definition) is 3. The summed E-state index contributed by atoms with van der Waals surface area (Å²) < 4.78 is 11.0. The second-order valence-electron chi connectivity index (χ2n) is 9.05. The Hall–Kier alpha value is -1.02. The van der Waals surface area contributed by atoms with E-state index in [2.05, 4.69) is 67.2 Å². The monoisotopic (exact) mass is 501 g/mol. The summed E-state index contributed by atoms with van der Waals surface area (Å²) in [5.74, 6) is 1.90. The quantitative estimate of drug-likeness (QED) is 0.384. The fourth-order valence-corrected chi connectivity index (χ4v) is 4.22. The molecule has 2 fully saturated rings. The van der Waals surface area contributed by atoms with Crippen LogP contribution in [0, 0.1) is 5.41 Å². The van der Waals surface area contributed by atoms with Gasteiger partial charge in [0.05, 0.1) is 7.11 Å². The first-order valence-corrected chi connectivity index (χ1v) is 9.96. The average Bonchev–Trinajstić information content (AvgIpc) is 2.68. The SMILES string of the molecule is CN=C(NCC1(c2ccc(OC)cc2)CCOCC1)N1CC(C)(C)C1(C)C.I. The van der Waals surface area contributed by atoms with Crippen LogP contribution in [0.4, 0.5) is 0 Å². The molecule has 0 radical (unpaired) electrons. The molecule has 1 aromatic rings. The fourth-order valence-electron chi connectivity index (χ4n) is 4.22. The van der Waals surface area contributed by atoms with Gasteiger partial charge < -0.3 is 19.7 Å². The van der Waals surface area contributed by atoms with Crippen LogP contribution in [0.15, 0.2) is 29.3 Å². The summed E-state index contributed by atoms with van der Waals surface area (Å²) in [6.45, 7) is 12.8. The highest BCUT2D eigenvalue weighted by molar-refractivity contribution is 14.0. The summed E-state index contributed by atoms with van der Waals surface area (Å²) >= 11 is 0. The van der Waals surface area contributed by atoms with Gasteiger partial charge in [-0.1, -0.05) is 26.0 Å². The molecule has 1 N–H and O–H groups in total. The van der Waals surface area contributed by atoms with Crippen molar-refractivity contribution in [3.63, 3.8) is 0 Å². The van der Waals surface area contributed by atoms with Crippen molar-refractivity contribution in [3.05, 3.63) is 29.8 Å². The van der Waals surface area contributed by atoms with Crippen LogP contribution in [0.2, 0.25) is 0 Å². The normalized spacial score (nSPS) is 22.6. The number of ether oxygens (including phenoxy) is 2. The zero-order valence-corrected chi connectivity index (χ0v) is 20.5. The molecule has 0 unspecified atom stereocenters. The molecule has 2 aliphatic heterocycles. The van der Waals surface area contributed by atoms with Crippen molar-refractivity contribution in [2.75, 3.05) is 40.5 Å². The average molecular weight is 501 g/mol. The van der Waals surface area contributed by atoms with Gasteiger partial charge in [0.1, 0.15) is 5.75 Å². The standard InChI is InChI=1S/C22H35N3O2.HI/c1-20(2)16-25(21(20,3)4)19(23-5)24-15-22(11-13-27-14-12-22)17-7-9-18(26-6)10-8-17;/h7-10H,11-16H2,1-6H3,(H,23,24);1H. The van der Waals surface area contributed by atoms with Crippen molar-refractivity contribution in [1.82, 2.24) is 10.2 Å². The second kappa shape index (κ2) is 8.78. The van der Waals surface area contributed by atoms with E-state index in [1.807, 2.05) is 7.05 Å². The van der Waals surface area contributed by atoms with Crippen LogP contribution < -0.4 is 10.1 Å². The molecule has 2 aliphatic rings. The predicted molar refractivity (Wildman–Crippen MR) is 126 cm³/mol. The van der Waals surface area contributed by atoms with Crippen LogP contribution in [0.1, 0.15) is 46.1 Å². The molecule has 2 heterocycles. The van der Waals surface area contributed by atoms with Crippen LogP contribution in [0.5, 0.6) is 5.75 Å². The number of nitrogens with one attached hydrogen (secondary N) is 1. The molecule has 5 nitrogen and oxygen atoms in total. The lowest BCUT2D eigenvalue weighted by Crippen LogP contribution is -2.72. The molecule has 0 spiro atoms. The molecule has 6 heteroatoms. The Bertz CT molecular complexity index is 680. The lowest BCUT2D eigenvalue weighted by Gasteiger charge is -2.62. The molecule has 0 aromatic heterocycles. The van der Waals surface area contributed by atoms with Crippen LogP contribution >= 0.6 is 24.0 Å². The van der Waals surface area contributed by atoms with E-state index in [9.17, 15) is 0 Å². The molecular formula is C22H36IN3O2. The van der Waals surface area contributed by atoms with Gasteiger partial charge in [0.15, 0.2) is 5.96 Å². The van der Waals surface area contributed by atoms with Crippen LogP contribution in [0.25, 0.3) is 0 Å². The first kappa shape index (κ1) is 23.3. The number of aliphatic imine (C=N–C) groups is 1. The van der Waals surface area contributed by atoms with E-state index in [-0.39, 0.29) is 40.3 Å². The van der Waals surface area contributed by atoms with Crippen molar-refractivity contribution in [1.29, 1.82) is 0 Å². The smallest absolute Gasteiger partial charge is 0.194 e. The molecular weight excluding hydrogens is 465 g/mol. The van der Waals surface area contributed by atoms with E-state index in [4.69, 9.17) is 9.47 Å². The van der Waals surface area contributed by atoms with Gasteiger partial charge in [0.2, 0.25) is 0 Å². The number of likely N-dealkylation sites (tertiary alicyclic amines) is 1. The van der Waals surface area contributed by atoms with Gasteiger partial charge in [-0.05, 0) is 44.4 Å². The number of halogens is 1. The Morgan fingerprint density at radius 3 is 2.21 bits per heavy atom. The minimum absolute atomic E-state index is 0. The highest BCUT2D eigenvalue weighted by Crippen LogP contribution is 2.46. The van der Waals surface area contributed by atoms with Gasteiger partial charge in [0, 0.05) is 49.7 Å². The van der Waals surface area contributed by atoms with E-state index in [1.165, 1.54) is 5.56 Å². The van der Waals surface area contributed by atoms with Gasteiger partial charge in [-0.25, -0.2) is 0 Å². The topological polar surface area (TPSA) is 46.1 Å². The molecule has 0 aliphatic carbocycles. The molecule has 28 heavy (non-hydrogen) atoms. The molecule has 0 amide bonds. The summed E-state index contributed by atoms with van der Waals surface area (Å²) in [5, 5.41) is 3.69. The number of nitrogens with zero attached hydrogens (tertiary/aromatic N) is 2. The Labute approximate surface area is 187 Å². The molecule has 0 saturated carbocycles. The van der Waals surface area contributed by atoms with Gasteiger partial charge in [-0.3, -0.25) is 4.99 Å².